The van der Waals surface area contributed by atoms with Gasteiger partial charge in [0.25, 0.3) is 0 Å². The molecular formula is C16H24FNO3. The lowest BCUT2D eigenvalue weighted by atomic mass is 10.1. The number of methoxy groups -OCH3 is 1. The zero-order valence-corrected chi connectivity index (χ0v) is 12.5. The molecule has 0 bridgehead atoms. The van der Waals surface area contributed by atoms with Crippen LogP contribution in [-0.2, 0) is 14.2 Å². The summed E-state index contributed by atoms with van der Waals surface area (Å²) in [7, 11) is 1.64. The Bertz CT molecular complexity index is 412. The second-order valence-corrected chi connectivity index (χ2v) is 5.20. The molecule has 1 aliphatic carbocycles. The van der Waals surface area contributed by atoms with E-state index in [1.807, 2.05) is 6.07 Å². The largest absolute Gasteiger partial charge is 0.382 e. The number of nitrogens with one attached hydrogen (secondary N) is 1. The highest BCUT2D eigenvalue weighted by Crippen LogP contribution is 2.22. The molecule has 5 heteroatoms. The van der Waals surface area contributed by atoms with E-state index in [1.165, 1.54) is 25.0 Å². The first-order valence-electron chi connectivity index (χ1n) is 7.46. The van der Waals surface area contributed by atoms with E-state index in [-0.39, 0.29) is 11.9 Å². The van der Waals surface area contributed by atoms with E-state index in [4.69, 9.17) is 14.2 Å². The molecule has 118 valence electrons. The fourth-order valence-corrected chi connectivity index (χ4v) is 2.03. The van der Waals surface area contributed by atoms with Crippen LogP contribution >= 0.6 is 0 Å². The second kappa shape index (κ2) is 9.10. The zero-order valence-electron chi connectivity index (χ0n) is 12.5. The fourth-order valence-electron chi connectivity index (χ4n) is 2.03. The van der Waals surface area contributed by atoms with Gasteiger partial charge in [0.1, 0.15) is 5.82 Å². The molecule has 1 fully saturated rings. The first-order valence-corrected chi connectivity index (χ1v) is 7.46. The van der Waals surface area contributed by atoms with Gasteiger partial charge in [0.15, 0.2) is 0 Å². The van der Waals surface area contributed by atoms with Gasteiger partial charge in [0, 0.05) is 19.7 Å². The van der Waals surface area contributed by atoms with Crippen LogP contribution in [0.4, 0.5) is 4.39 Å². The van der Waals surface area contributed by atoms with E-state index >= 15 is 0 Å². The van der Waals surface area contributed by atoms with Gasteiger partial charge in [-0.05, 0) is 30.5 Å². The van der Waals surface area contributed by atoms with Gasteiger partial charge in [0.2, 0.25) is 0 Å². The minimum absolute atomic E-state index is 0.146. The Morgan fingerprint density at radius 2 is 2.05 bits per heavy atom. The van der Waals surface area contributed by atoms with Gasteiger partial charge in [0.05, 0.1) is 32.5 Å². The van der Waals surface area contributed by atoms with Crippen LogP contribution < -0.4 is 5.32 Å². The molecule has 0 radical (unpaired) electrons. The first-order chi connectivity index (χ1) is 10.3. The molecule has 1 aromatic carbocycles. The number of benzene rings is 1. The van der Waals surface area contributed by atoms with Gasteiger partial charge in [-0.1, -0.05) is 12.1 Å². The summed E-state index contributed by atoms with van der Waals surface area (Å²) in [6, 6.07) is 7.19. The number of rotatable bonds is 11. The maximum absolute atomic E-state index is 13.4. The SMILES string of the molecule is COCCOCCOC(CNC1CC1)c1cccc(F)c1. The van der Waals surface area contributed by atoms with Crippen molar-refractivity contribution in [3.05, 3.63) is 35.6 Å². The van der Waals surface area contributed by atoms with Crippen LogP contribution in [-0.4, -0.2) is 46.1 Å². The zero-order chi connectivity index (χ0) is 14.9. The smallest absolute Gasteiger partial charge is 0.123 e. The molecule has 0 spiro atoms. The van der Waals surface area contributed by atoms with Gasteiger partial charge >= 0.3 is 0 Å². The highest BCUT2D eigenvalue weighted by atomic mass is 19.1. The third-order valence-electron chi connectivity index (χ3n) is 3.37. The number of halogens is 1. The van der Waals surface area contributed by atoms with Crippen molar-refractivity contribution in [3.8, 4) is 0 Å². The van der Waals surface area contributed by atoms with Gasteiger partial charge < -0.3 is 19.5 Å². The lowest BCUT2D eigenvalue weighted by Gasteiger charge is -2.19. The van der Waals surface area contributed by atoms with Gasteiger partial charge in [-0.25, -0.2) is 4.39 Å². The summed E-state index contributed by atoms with van der Waals surface area (Å²) in [5.74, 6) is -0.233. The van der Waals surface area contributed by atoms with E-state index < -0.39 is 0 Å². The number of ether oxygens (including phenoxy) is 3. The van der Waals surface area contributed by atoms with Gasteiger partial charge in [-0.15, -0.1) is 0 Å². The molecule has 1 N–H and O–H groups in total. The van der Waals surface area contributed by atoms with Crippen molar-refractivity contribution >= 4 is 0 Å². The summed E-state index contributed by atoms with van der Waals surface area (Å²) in [5, 5.41) is 3.43. The number of hydrogen-bond acceptors (Lipinski definition) is 4. The molecule has 1 aliphatic rings. The topological polar surface area (TPSA) is 39.7 Å². The van der Waals surface area contributed by atoms with Crippen LogP contribution in [0.25, 0.3) is 0 Å². The molecule has 0 amide bonds. The van der Waals surface area contributed by atoms with Crippen LogP contribution in [0.2, 0.25) is 0 Å². The summed E-state index contributed by atoms with van der Waals surface area (Å²) in [6.45, 7) is 2.84. The van der Waals surface area contributed by atoms with Gasteiger partial charge in [-0.2, -0.15) is 0 Å². The molecule has 21 heavy (non-hydrogen) atoms. The molecule has 0 heterocycles. The molecule has 2 rings (SSSR count). The Balaban J connectivity index is 1.77. The molecule has 1 unspecified atom stereocenters. The summed E-state index contributed by atoms with van der Waals surface area (Å²) >= 11 is 0. The molecular weight excluding hydrogens is 273 g/mol. The van der Waals surface area contributed by atoms with E-state index in [2.05, 4.69) is 5.32 Å². The maximum atomic E-state index is 13.4. The predicted octanol–water partition coefficient (Wildman–Crippen LogP) is 2.30. The quantitative estimate of drug-likeness (QED) is 0.636. The Kier molecular flexibility index (Phi) is 7.09. The standard InChI is InChI=1S/C16H24FNO3/c1-19-7-8-20-9-10-21-16(12-18-15-5-6-15)13-3-2-4-14(17)11-13/h2-4,11,15-16,18H,5-10,12H2,1H3. The summed E-state index contributed by atoms with van der Waals surface area (Å²) in [6.07, 6.45) is 2.29. The monoisotopic (exact) mass is 297 g/mol. The van der Waals surface area contributed by atoms with Crippen LogP contribution in [0.3, 0.4) is 0 Å². The Labute approximate surface area is 125 Å². The van der Waals surface area contributed by atoms with Crippen molar-refractivity contribution in [2.24, 2.45) is 0 Å². The predicted molar refractivity (Wildman–Crippen MR) is 78.8 cm³/mol. The minimum atomic E-state index is -0.233. The van der Waals surface area contributed by atoms with Crippen LogP contribution in [0.15, 0.2) is 24.3 Å². The van der Waals surface area contributed by atoms with Crippen molar-refractivity contribution < 1.29 is 18.6 Å². The normalized spacial score (nSPS) is 16.1. The van der Waals surface area contributed by atoms with Gasteiger partial charge in [-0.3, -0.25) is 0 Å². The van der Waals surface area contributed by atoms with Crippen molar-refractivity contribution in [2.45, 2.75) is 25.0 Å². The van der Waals surface area contributed by atoms with Crippen molar-refractivity contribution in [1.29, 1.82) is 0 Å². The lowest BCUT2D eigenvalue weighted by Crippen LogP contribution is -2.26. The van der Waals surface area contributed by atoms with E-state index in [1.54, 1.807) is 13.2 Å². The lowest BCUT2D eigenvalue weighted by molar-refractivity contribution is -0.00705. The van der Waals surface area contributed by atoms with E-state index in [9.17, 15) is 4.39 Å². The van der Waals surface area contributed by atoms with Crippen molar-refractivity contribution in [3.63, 3.8) is 0 Å². The molecule has 0 saturated heterocycles. The average molecular weight is 297 g/mol. The molecule has 1 aromatic rings. The van der Waals surface area contributed by atoms with Crippen LogP contribution in [0.5, 0.6) is 0 Å². The maximum Gasteiger partial charge on any atom is 0.123 e. The third kappa shape index (κ3) is 6.52. The van der Waals surface area contributed by atoms with Crippen molar-refractivity contribution in [1.82, 2.24) is 5.32 Å². The average Bonchev–Trinajstić information content (AvgIpc) is 3.30. The first kappa shape index (κ1) is 16.4. The Morgan fingerprint density at radius 1 is 1.24 bits per heavy atom. The van der Waals surface area contributed by atoms with E-state index in [0.29, 0.717) is 39.0 Å². The van der Waals surface area contributed by atoms with Crippen LogP contribution in [0, 0.1) is 5.82 Å². The van der Waals surface area contributed by atoms with E-state index in [0.717, 1.165) is 5.56 Å². The Hall–Kier alpha value is -1.01. The second-order valence-electron chi connectivity index (χ2n) is 5.20. The van der Waals surface area contributed by atoms with Crippen molar-refractivity contribution in [2.75, 3.05) is 40.1 Å². The number of hydrogen-bond donors (Lipinski definition) is 1. The molecule has 0 aromatic heterocycles. The molecule has 1 atom stereocenters. The molecule has 4 nitrogen and oxygen atoms in total. The summed E-state index contributed by atoms with van der Waals surface area (Å²) in [4.78, 5) is 0. The minimum Gasteiger partial charge on any atom is -0.382 e. The molecule has 1 saturated carbocycles. The summed E-state index contributed by atoms with van der Waals surface area (Å²) < 4.78 is 29.5. The molecule has 0 aliphatic heterocycles. The fraction of sp³-hybridized carbons (Fsp3) is 0.625. The van der Waals surface area contributed by atoms with Crippen LogP contribution in [0.1, 0.15) is 24.5 Å². The highest BCUT2D eigenvalue weighted by molar-refractivity contribution is 5.19. The Morgan fingerprint density at radius 3 is 2.76 bits per heavy atom. The third-order valence-corrected chi connectivity index (χ3v) is 3.37. The summed E-state index contributed by atoms with van der Waals surface area (Å²) in [5.41, 5.74) is 0.861. The highest BCUT2D eigenvalue weighted by Gasteiger charge is 2.22.